The number of ether oxygens (including phenoxy) is 1. The van der Waals surface area contributed by atoms with E-state index in [1.54, 1.807) is 20.8 Å². The Kier molecular flexibility index (Phi) is 9.29. The molecule has 1 saturated heterocycles. The van der Waals surface area contributed by atoms with Crippen LogP contribution < -0.4 is 0 Å². The minimum absolute atomic E-state index is 0.0958. The van der Waals surface area contributed by atoms with Gasteiger partial charge in [-0.25, -0.2) is 0 Å². The molecule has 12 atom stereocenters. The fourth-order valence-corrected chi connectivity index (χ4v) is 5.97. The number of ketones is 1. The Bertz CT molecular complexity index is 751. The lowest BCUT2D eigenvalue weighted by Crippen LogP contribution is -2.52. The molecule has 1 unspecified atom stereocenters. The number of carbonyl (C=O) groups is 3. The van der Waals surface area contributed by atoms with E-state index in [9.17, 15) is 39.9 Å². The number of hydrogen-bond acceptors (Lipinski definition) is 8. The first-order valence-corrected chi connectivity index (χ1v) is 12.3. The molecule has 196 valence electrons. The second-order valence-electron chi connectivity index (χ2n) is 11.0. The van der Waals surface area contributed by atoms with Crippen molar-refractivity contribution in [2.45, 2.75) is 97.2 Å². The van der Waals surface area contributed by atoms with Gasteiger partial charge in [-0.2, -0.15) is 0 Å². The van der Waals surface area contributed by atoms with Gasteiger partial charge in [0.1, 0.15) is 11.9 Å². The summed E-state index contributed by atoms with van der Waals surface area (Å²) < 4.78 is 5.79. The summed E-state index contributed by atoms with van der Waals surface area (Å²) in [4.78, 5) is 38.1. The van der Waals surface area contributed by atoms with Crippen molar-refractivity contribution in [1.29, 1.82) is 0 Å². The number of cyclic esters (lactones) is 1. The third kappa shape index (κ3) is 5.80. The molecule has 2 fully saturated rings. The zero-order chi connectivity index (χ0) is 26.1. The van der Waals surface area contributed by atoms with Crippen molar-refractivity contribution in [2.75, 3.05) is 0 Å². The number of Topliss-reactive ketones (excluding diaryl/α,β-unsaturated/α-hetero) is 1. The molecule has 0 aromatic heterocycles. The van der Waals surface area contributed by atoms with E-state index < -0.39 is 83.4 Å². The van der Waals surface area contributed by atoms with Gasteiger partial charge in [0.2, 0.25) is 0 Å². The van der Waals surface area contributed by atoms with Crippen LogP contribution in [-0.2, 0) is 19.1 Å². The molecule has 1 aliphatic carbocycles. The minimum Gasteiger partial charge on any atom is -0.481 e. The second-order valence-corrected chi connectivity index (χ2v) is 11.0. The van der Waals surface area contributed by atoms with Gasteiger partial charge in [-0.05, 0) is 33.1 Å². The number of aliphatic hydroxyl groups is 4. The summed E-state index contributed by atoms with van der Waals surface area (Å²) in [5.74, 6) is -7.68. The van der Waals surface area contributed by atoms with Crippen LogP contribution in [0.25, 0.3) is 0 Å². The molecule has 9 nitrogen and oxygen atoms in total. The summed E-state index contributed by atoms with van der Waals surface area (Å²) >= 11 is 0. The van der Waals surface area contributed by atoms with Crippen molar-refractivity contribution < 1.29 is 44.7 Å². The Morgan fingerprint density at radius 2 is 1.50 bits per heavy atom. The summed E-state index contributed by atoms with van der Waals surface area (Å²) in [6.07, 6.45) is -3.50. The van der Waals surface area contributed by atoms with Crippen LogP contribution in [0.2, 0.25) is 0 Å². The molecule has 34 heavy (non-hydrogen) atoms. The predicted octanol–water partition coefficient (Wildman–Crippen LogP) is 1.39. The van der Waals surface area contributed by atoms with Crippen LogP contribution in [0.15, 0.2) is 0 Å². The largest absolute Gasteiger partial charge is 0.481 e. The normalized spacial score (nSPS) is 47.6. The standard InChI is InChI=1S/C25H42O9/c1-11-10-25(6,33)22(29)14(4)20(28)15(5)24(32)34-21(13(3)19(27)12(2)18(11)26)16-8-7-9-17(16)23(30)31/h11-17,19-22,27-29,33H,7-10H2,1-6H3,(H,30,31)/t11-,12+,13-,14+,15-,16?,17-,19-,20+,21+,22-,25-/m1/s1. The van der Waals surface area contributed by atoms with Crippen molar-refractivity contribution in [3.05, 3.63) is 0 Å². The first kappa shape index (κ1) is 28.7. The molecule has 1 heterocycles. The highest BCUT2D eigenvalue weighted by Crippen LogP contribution is 2.41. The molecular formula is C25H42O9. The fraction of sp³-hybridized carbons (Fsp3) is 0.880. The zero-order valence-corrected chi connectivity index (χ0v) is 21.0. The van der Waals surface area contributed by atoms with E-state index >= 15 is 0 Å². The second kappa shape index (κ2) is 11.0. The molecule has 1 saturated carbocycles. The number of carboxylic acids is 1. The summed E-state index contributed by atoms with van der Waals surface area (Å²) in [6, 6.07) is 0. The molecule has 0 amide bonds. The predicted molar refractivity (Wildman–Crippen MR) is 122 cm³/mol. The molecule has 0 aromatic rings. The van der Waals surface area contributed by atoms with Crippen LogP contribution in [-0.4, -0.2) is 73.3 Å². The van der Waals surface area contributed by atoms with Gasteiger partial charge in [-0.3, -0.25) is 14.4 Å². The average Bonchev–Trinajstić information content (AvgIpc) is 3.27. The van der Waals surface area contributed by atoms with Gasteiger partial charge in [-0.1, -0.05) is 34.1 Å². The zero-order valence-electron chi connectivity index (χ0n) is 21.0. The van der Waals surface area contributed by atoms with E-state index in [0.717, 1.165) is 0 Å². The van der Waals surface area contributed by atoms with Crippen molar-refractivity contribution in [3.8, 4) is 0 Å². The number of esters is 1. The number of rotatable bonds is 2. The number of aliphatic carboxylic acids is 1. The molecular weight excluding hydrogens is 444 g/mol. The summed E-state index contributed by atoms with van der Waals surface area (Å²) in [5.41, 5.74) is -1.72. The number of hydrogen-bond donors (Lipinski definition) is 5. The topological polar surface area (TPSA) is 162 Å². The molecule has 9 heteroatoms. The highest BCUT2D eigenvalue weighted by atomic mass is 16.5. The third-order valence-electron chi connectivity index (χ3n) is 8.34. The monoisotopic (exact) mass is 486 g/mol. The van der Waals surface area contributed by atoms with Gasteiger partial charge in [-0.15, -0.1) is 0 Å². The number of aliphatic hydroxyl groups excluding tert-OH is 3. The molecule has 1 aliphatic heterocycles. The van der Waals surface area contributed by atoms with E-state index in [1.165, 1.54) is 20.8 Å². The lowest BCUT2D eigenvalue weighted by molar-refractivity contribution is -0.177. The van der Waals surface area contributed by atoms with Crippen molar-refractivity contribution in [1.82, 2.24) is 0 Å². The first-order valence-electron chi connectivity index (χ1n) is 12.3. The molecule has 0 spiro atoms. The van der Waals surface area contributed by atoms with Gasteiger partial charge in [0.05, 0.1) is 35.7 Å². The maximum absolute atomic E-state index is 13.1. The fourth-order valence-electron chi connectivity index (χ4n) is 5.97. The minimum atomic E-state index is -1.72. The van der Waals surface area contributed by atoms with Crippen LogP contribution in [0, 0.1) is 41.4 Å². The van der Waals surface area contributed by atoms with Crippen LogP contribution in [0.4, 0.5) is 0 Å². The molecule has 0 bridgehead atoms. The summed E-state index contributed by atoms with van der Waals surface area (Å²) in [5, 5.41) is 53.3. The van der Waals surface area contributed by atoms with E-state index in [2.05, 4.69) is 0 Å². The van der Waals surface area contributed by atoms with Gasteiger partial charge in [0, 0.05) is 29.6 Å². The number of carbonyl (C=O) groups excluding carboxylic acids is 2. The smallest absolute Gasteiger partial charge is 0.311 e. The lowest BCUT2D eigenvalue weighted by atomic mass is 9.73. The van der Waals surface area contributed by atoms with Gasteiger partial charge >= 0.3 is 11.9 Å². The maximum Gasteiger partial charge on any atom is 0.311 e. The maximum atomic E-state index is 13.1. The Balaban J connectivity index is 2.50. The van der Waals surface area contributed by atoms with Gasteiger partial charge < -0.3 is 30.3 Å². The SMILES string of the molecule is C[C@@H]1[C@H](O)[C@@H](C)C(=O)[C@H](C)C[C@@](C)(O)[C@H](O)[C@@H](C)[C@H](O)[C@@H](C)C(=O)O[C@@H]1C1CCC[C@H]1C(=O)O. The van der Waals surface area contributed by atoms with E-state index in [0.29, 0.717) is 19.3 Å². The van der Waals surface area contributed by atoms with E-state index in [-0.39, 0.29) is 12.2 Å². The third-order valence-corrected chi connectivity index (χ3v) is 8.34. The quantitative estimate of drug-likeness (QED) is 0.363. The molecule has 0 radical (unpaired) electrons. The van der Waals surface area contributed by atoms with Crippen LogP contribution in [0.5, 0.6) is 0 Å². The van der Waals surface area contributed by atoms with Crippen molar-refractivity contribution >= 4 is 17.7 Å². The van der Waals surface area contributed by atoms with Crippen molar-refractivity contribution in [2.24, 2.45) is 41.4 Å². The first-order chi connectivity index (χ1) is 15.6. The Morgan fingerprint density at radius 3 is 2.06 bits per heavy atom. The van der Waals surface area contributed by atoms with Gasteiger partial charge in [0.25, 0.3) is 0 Å². The van der Waals surface area contributed by atoms with E-state index in [4.69, 9.17) is 4.74 Å². The van der Waals surface area contributed by atoms with Crippen LogP contribution in [0.1, 0.15) is 67.2 Å². The Hall–Kier alpha value is -1.55. The molecule has 5 N–H and O–H groups in total. The highest BCUT2D eigenvalue weighted by Gasteiger charge is 2.48. The molecule has 2 rings (SSSR count). The number of carboxylic acid groups (broad SMARTS) is 1. The van der Waals surface area contributed by atoms with Gasteiger partial charge in [0.15, 0.2) is 0 Å². The van der Waals surface area contributed by atoms with Crippen LogP contribution in [0.3, 0.4) is 0 Å². The molecule has 2 aliphatic rings. The highest BCUT2D eigenvalue weighted by molar-refractivity contribution is 5.83. The average molecular weight is 487 g/mol. The Morgan fingerprint density at radius 1 is 0.941 bits per heavy atom. The summed E-state index contributed by atoms with van der Waals surface area (Å²) in [6.45, 7) is 9.16. The van der Waals surface area contributed by atoms with Crippen molar-refractivity contribution in [3.63, 3.8) is 0 Å². The van der Waals surface area contributed by atoms with Crippen LogP contribution >= 0.6 is 0 Å². The Labute approximate surface area is 201 Å². The molecule has 0 aromatic carbocycles. The van der Waals surface area contributed by atoms with E-state index in [1.807, 2.05) is 0 Å². The summed E-state index contributed by atoms with van der Waals surface area (Å²) in [7, 11) is 0. The lowest BCUT2D eigenvalue weighted by Gasteiger charge is -2.40.